The first-order valence-corrected chi connectivity index (χ1v) is 5.64. The number of aryl methyl sites for hydroxylation is 2. The van der Waals surface area contributed by atoms with Crippen molar-refractivity contribution in [3.05, 3.63) is 29.3 Å². The molecule has 3 nitrogen and oxygen atoms in total. The highest BCUT2D eigenvalue weighted by atomic mass is 16.5. The Kier molecular flexibility index (Phi) is 4.83. The number of primary amides is 1. The van der Waals surface area contributed by atoms with Gasteiger partial charge >= 0.3 is 0 Å². The Balaban J connectivity index is 2.63. The lowest BCUT2D eigenvalue weighted by molar-refractivity contribution is -0.117. The van der Waals surface area contributed by atoms with Gasteiger partial charge in [-0.25, -0.2) is 0 Å². The lowest BCUT2D eigenvalue weighted by atomic mass is 10.1. The van der Waals surface area contributed by atoms with E-state index in [4.69, 9.17) is 10.5 Å². The van der Waals surface area contributed by atoms with Gasteiger partial charge in [-0.3, -0.25) is 4.79 Å². The lowest BCUT2D eigenvalue weighted by Crippen LogP contribution is -2.11. The molecule has 2 N–H and O–H groups in total. The van der Waals surface area contributed by atoms with Crippen LogP contribution >= 0.6 is 0 Å². The van der Waals surface area contributed by atoms with Gasteiger partial charge in [-0.1, -0.05) is 19.1 Å². The summed E-state index contributed by atoms with van der Waals surface area (Å²) >= 11 is 0. The molecule has 0 aliphatic carbocycles. The second-order valence-corrected chi connectivity index (χ2v) is 3.91. The van der Waals surface area contributed by atoms with E-state index < -0.39 is 0 Å². The molecule has 0 atom stereocenters. The SMILES string of the molecule is CCCOc1ccc(CCC(N)=O)cc1C. The van der Waals surface area contributed by atoms with E-state index in [0.29, 0.717) is 12.8 Å². The number of benzene rings is 1. The molecule has 1 aromatic rings. The van der Waals surface area contributed by atoms with Crippen LogP contribution in [0.4, 0.5) is 0 Å². The number of ether oxygens (including phenoxy) is 1. The van der Waals surface area contributed by atoms with Crippen LogP contribution in [-0.2, 0) is 11.2 Å². The largest absolute Gasteiger partial charge is 0.493 e. The molecule has 0 fully saturated rings. The summed E-state index contributed by atoms with van der Waals surface area (Å²) in [6.45, 7) is 4.83. The van der Waals surface area contributed by atoms with Gasteiger partial charge in [0.2, 0.25) is 5.91 Å². The average Bonchev–Trinajstić information content (AvgIpc) is 2.25. The first-order chi connectivity index (χ1) is 7.63. The van der Waals surface area contributed by atoms with E-state index in [2.05, 4.69) is 6.92 Å². The maximum atomic E-state index is 10.7. The molecule has 0 heterocycles. The fourth-order valence-electron chi connectivity index (χ4n) is 1.51. The molecule has 3 heteroatoms. The summed E-state index contributed by atoms with van der Waals surface area (Å²) in [6, 6.07) is 6.00. The zero-order valence-electron chi connectivity index (χ0n) is 9.95. The van der Waals surface area contributed by atoms with Crippen LogP contribution in [0.2, 0.25) is 0 Å². The second-order valence-electron chi connectivity index (χ2n) is 3.91. The van der Waals surface area contributed by atoms with Crippen molar-refractivity contribution in [2.45, 2.75) is 33.1 Å². The highest BCUT2D eigenvalue weighted by molar-refractivity contribution is 5.74. The summed E-state index contributed by atoms with van der Waals surface area (Å²) in [7, 11) is 0. The van der Waals surface area contributed by atoms with E-state index >= 15 is 0 Å². The number of hydrogen-bond donors (Lipinski definition) is 1. The van der Waals surface area contributed by atoms with Crippen molar-refractivity contribution in [1.82, 2.24) is 0 Å². The van der Waals surface area contributed by atoms with Crippen LogP contribution in [0.5, 0.6) is 5.75 Å². The monoisotopic (exact) mass is 221 g/mol. The first kappa shape index (κ1) is 12.6. The number of carbonyl (C=O) groups is 1. The van der Waals surface area contributed by atoms with Crippen molar-refractivity contribution in [2.75, 3.05) is 6.61 Å². The molecule has 0 radical (unpaired) electrons. The molecule has 88 valence electrons. The van der Waals surface area contributed by atoms with Gasteiger partial charge in [0, 0.05) is 6.42 Å². The maximum absolute atomic E-state index is 10.7. The fourth-order valence-corrected chi connectivity index (χ4v) is 1.51. The smallest absolute Gasteiger partial charge is 0.217 e. The van der Waals surface area contributed by atoms with Gasteiger partial charge in [-0.2, -0.15) is 0 Å². The quantitative estimate of drug-likeness (QED) is 0.800. The van der Waals surface area contributed by atoms with Crippen molar-refractivity contribution in [2.24, 2.45) is 5.73 Å². The Bertz CT molecular complexity index is 361. The molecule has 0 saturated heterocycles. The molecule has 1 aromatic carbocycles. The van der Waals surface area contributed by atoms with Crippen molar-refractivity contribution < 1.29 is 9.53 Å². The average molecular weight is 221 g/mol. The number of hydrogen-bond acceptors (Lipinski definition) is 2. The van der Waals surface area contributed by atoms with E-state index in [1.54, 1.807) is 0 Å². The molecular formula is C13H19NO2. The summed E-state index contributed by atoms with van der Waals surface area (Å²) in [5, 5.41) is 0. The Morgan fingerprint density at radius 2 is 2.19 bits per heavy atom. The van der Waals surface area contributed by atoms with E-state index in [1.807, 2.05) is 25.1 Å². The minimum Gasteiger partial charge on any atom is -0.493 e. The Hall–Kier alpha value is -1.51. The van der Waals surface area contributed by atoms with E-state index in [0.717, 1.165) is 29.9 Å². The number of rotatable bonds is 6. The minimum atomic E-state index is -0.260. The van der Waals surface area contributed by atoms with Crippen molar-refractivity contribution in [3.63, 3.8) is 0 Å². The maximum Gasteiger partial charge on any atom is 0.217 e. The summed E-state index contributed by atoms with van der Waals surface area (Å²) in [5.41, 5.74) is 7.34. The van der Waals surface area contributed by atoms with Gasteiger partial charge < -0.3 is 10.5 Å². The summed E-state index contributed by atoms with van der Waals surface area (Å²) in [4.78, 5) is 10.7. The van der Waals surface area contributed by atoms with Crippen molar-refractivity contribution in [3.8, 4) is 5.75 Å². The third-order valence-electron chi connectivity index (χ3n) is 2.36. The third-order valence-corrected chi connectivity index (χ3v) is 2.36. The highest BCUT2D eigenvalue weighted by Crippen LogP contribution is 2.20. The Labute approximate surface area is 96.6 Å². The molecule has 0 aliphatic rings. The topological polar surface area (TPSA) is 52.3 Å². The van der Waals surface area contributed by atoms with Gasteiger partial charge in [0.05, 0.1) is 6.61 Å². The normalized spacial score (nSPS) is 10.1. The summed E-state index contributed by atoms with van der Waals surface area (Å²) in [6.07, 6.45) is 2.10. The molecule has 0 saturated carbocycles. The molecule has 16 heavy (non-hydrogen) atoms. The standard InChI is InChI=1S/C13H19NO2/c1-3-8-16-12-6-4-11(9-10(12)2)5-7-13(14)15/h4,6,9H,3,5,7-8H2,1-2H3,(H2,14,15). The van der Waals surface area contributed by atoms with Crippen molar-refractivity contribution in [1.29, 1.82) is 0 Å². The Morgan fingerprint density at radius 3 is 2.75 bits per heavy atom. The molecule has 0 unspecified atom stereocenters. The molecular weight excluding hydrogens is 202 g/mol. The van der Waals surface area contributed by atoms with E-state index in [9.17, 15) is 4.79 Å². The fraction of sp³-hybridized carbons (Fsp3) is 0.462. The van der Waals surface area contributed by atoms with Gasteiger partial charge in [0.25, 0.3) is 0 Å². The summed E-state index contributed by atoms with van der Waals surface area (Å²) < 4.78 is 5.57. The number of carbonyl (C=O) groups excluding carboxylic acids is 1. The molecule has 0 aliphatic heterocycles. The first-order valence-electron chi connectivity index (χ1n) is 5.64. The molecule has 1 amide bonds. The van der Waals surface area contributed by atoms with Gasteiger partial charge in [-0.15, -0.1) is 0 Å². The van der Waals surface area contributed by atoms with Crippen LogP contribution in [0.15, 0.2) is 18.2 Å². The second kappa shape index (κ2) is 6.16. The van der Waals surface area contributed by atoms with Crippen LogP contribution in [-0.4, -0.2) is 12.5 Å². The zero-order valence-corrected chi connectivity index (χ0v) is 9.95. The molecule has 0 bridgehead atoms. The third kappa shape index (κ3) is 3.93. The van der Waals surface area contributed by atoms with Crippen LogP contribution in [0.3, 0.4) is 0 Å². The molecule has 0 spiro atoms. The van der Waals surface area contributed by atoms with E-state index in [1.165, 1.54) is 0 Å². The van der Waals surface area contributed by atoms with Crippen LogP contribution < -0.4 is 10.5 Å². The number of nitrogens with two attached hydrogens (primary N) is 1. The minimum absolute atomic E-state index is 0.260. The van der Waals surface area contributed by atoms with Crippen LogP contribution in [0, 0.1) is 6.92 Å². The van der Waals surface area contributed by atoms with Gasteiger partial charge in [0.15, 0.2) is 0 Å². The van der Waals surface area contributed by atoms with Crippen molar-refractivity contribution >= 4 is 5.91 Å². The zero-order chi connectivity index (χ0) is 12.0. The predicted octanol–water partition coefficient (Wildman–Crippen LogP) is 2.20. The summed E-state index contributed by atoms with van der Waals surface area (Å²) in [5.74, 6) is 0.661. The lowest BCUT2D eigenvalue weighted by Gasteiger charge is -2.09. The predicted molar refractivity (Wildman–Crippen MR) is 64.5 cm³/mol. The van der Waals surface area contributed by atoms with Crippen LogP contribution in [0.1, 0.15) is 30.9 Å². The molecule has 0 aromatic heterocycles. The van der Waals surface area contributed by atoms with Gasteiger partial charge in [0.1, 0.15) is 5.75 Å². The van der Waals surface area contributed by atoms with E-state index in [-0.39, 0.29) is 5.91 Å². The number of amides is 1. The highest BCUT2D eigenvalue weighted by Gasteiger charge is 2.02. The Morgan fingerprint density at radius 1 is 1.44 bits per heavy atom. The van der Waals surface area contributed by atoms with Crippen LogP contribution in [0.25, 0.3) is 0 Å². The molecule has 1 rings (SSSR count). The van der Waals surface area contributed by atoms with Gasteiger partial charge in [-0.05, 0) is 37.0 Å².